The van der Waals surface area contributed by atoms with Crippen LogP contribution in [-0.2, 0) is 11.3 Å². The van der Waals surface area contributed by atoms with Crippen LogP contribution in [0.1, 0.15) is 49.4 Å². The van der Waals surface area contributed by atoms with Gasteiger partial charge in [0.1, 0.15) is 11.6 Å². The largest absolute Gasteiger partial charge is 0.760 e. The second-order valence-electron chi connectivity index (χ2n) is 6.23. The fourth-order valence-electron chi connectivity index (χ4n) is 3.29. The minimum absolute atomic E-state index is 0.0644. The van der Waals surface area contributed by atoms with Gasteiger partial charge in [0, 0.05) is 23.9 Å². The highest BCUT2D eigenvalue weighted by Gasteiger charge is 2.25. The number of Topliss-reactive ketones (excluding diaryl/α,β-unsaturated/α-hetero) is 1. The van der Waals surface area contributed by atoms with Gasteiger partial charge in [-0.15, -0.1) is 0 Å². The molecule has 1 fully saturated rings. The SMILES string of the molecule is CC(=O)c1ccc(OCC2CCCCC2CCNS(=O)[O-])cc1F. The average Bonchev–Trinajstić information content (AvgIpc) is 2.53. The van der Waals surface area contributed by atoms with Crippen molar-refractivity contribution in [2.24, 2.45) is 11.8 Å². The van der Waals surface area contributed by atoms with Crippen molar-refractivity contribution < 1.29 is 22.7 Å². The van der Waals surface area contributed by atoms with Gasteiger partial charge in [-0.3, -0.25) is 9.00 Å². The Kier molecular flexibility index (Phi) is 7.33. The van der Waals surface area contributed by atoms with Crippen LogP contribution < -0.4 is 9.46 Å². The maximum Gasteiger partial charge on any atom is 0.162 e. The molecule has 3 unspecified atom stereocenters. The molecule has 0 saturated heterocycles. The molecule has 7 heteroatoms. The molecule has 0 amide bonds. The molecule has 1 aromatic carbocycles. The minimum atomic E-state index is -2.22. The number of benzene rings is 1. The smallest absolute Gasteiger partial charge is 0.162 e. The van der Waals surface area contributed by atoms with Gasteiger partial charge in [0.05, 0.1) is 12.2 Å². The number of carbonyl (C=O) groups excluding carboxylic acids is 1. The van der Waals surface area contributed by atoms with Gasteiger partial charge in [-0.05, 0) is 43.7 Å². The Morgan fingerprint density at radius 2 is 2.08 bits per heavy atom. The van der Waals surface area contributed by atoms with E-state index in [0.29, 0.717) is 30.7 Å². The molecule has 24 heavy (non-hydrogen) atoms. The van der Waals surface area contributed by atoms with Crippen LogP contribution in [0.5, 0.6) is 5.75 Å². The molecular weight excluding hydrogens is 333 g/mol. The molecule has 0 radical (unpaired) electrons. The Bertz CT molecular complexity index is 596. The lowest BCUT2D eigenvalue weighted by Gasteiger charge is -2.31. The Balaban J connectivity index is 1.89. The molecular formula is C17H23FNO4S-. The van der Waals surface area contributed by atoms with Gasteiger partial charge < -0.3 is 9.29 Å². The monoisotopic (exact) mass is 356 g/mol. The average molecular weight is 356 g/mol. The third-order valence-electron chi connectivity index (χ3n) is 4.59. The first-order chi connectivity index (χ1) is 11.5. The second kappa shape index (κ2) is 9.25. The first-order valence-electron chi connectivity index (χ1n) is 8.23. The maximum absolute atomic E-state index is 13.8. The summed E-state index contributed by atoms with van der Waals surface area (Å²) in [5.41, 5.74) is 0.0644. The molecule has 1 saturated carbocycles. The first-order valence-corrected chi connectivity index (χ1v) is 9.31. The Labute approximate surface area is 144 Å². The fraction of sp³-hybridized carbons (Fsp3) is 0.588. The van der Waals surface area contributed by atoms with E-state index in [0.717, 1.165) is 32.1 Å². The number of rotatable bonds is 8. The Morgan fingerprint density at radius 3 is 2.71 bits per heavy atom. The quantitative estimate of drug-likeness (QED) is 0.574. The molecule has 1 aromatic rings. The highest BCUT2D eigenvalue weighted by molar-refractivity contribution is 7.77. The molecule has 1 aliphatic carbocycles. The number of hydrogen-bond acceptors (Lipinski definition) is 4. The molecule has 3 atom stereocenters. The lowest BCUT2D eigenvalue weighted by molar-refractivity contribution is 0.101. The lowest BCUT2D eigenvalue weighted by Crippen LogP contribution is -2.29. The van der Waals surface area contributed by atoms with E-state index >= 15 is 0 Å². The molecule has 0 aliphatic heterocycles. The second-order valence-corrected chi connectivity index (χ2v) is 6.99. The van der Waals surface area contributed by atoms with Crippen LogP contribution in [0.2, 0.25) is 0 Å². The number of carbonyl (C=O) groups is 1. The van der Waals surface area contributed by atoms with Crippen molar-refractivity contribution >= 4 is 17.0 Å². The Hall–Kier alpha value is -1.31. The van der Waals surface area contributed by atoms with Gasteiger partial charge in [-0.2, -0.15) is 0 Å². The van der Waals surface area contributed by atoms with Crippen LogP contribution in [0.25, 0.3) is 0 Å². The maximum atomic E-state index is 13.8. The summed E-state index contributed by atoms with van der Waals surface area (Å²) in [5, 5.41) is 0. The van der Waals surface area contributed by atoms with Gasteiger partial charge in [0.2, 0.25) is 0 Å². The van der Waals surface area contributed by atoms with Crippen LogP contribution in [-0.4, -0.2) is 27.7 Å². The summed E-state index contributed by atoms with van der Waals surface area (Å²) in [6.45, 7) is 2.23. The zero-order valence-corrected chi connectivity index (χ0v) is 14.6. The predicted molar refractivity (Wildman–Crippen MR) is 88.9 cm³/mol. The minimum Gasteiger partial charge on any atom is -0.760 e. The number of halogens is 1. The molecule has 2 rings (SSSR count). The number of ketones is 1. The summed E-state index contributed by atoms with van der Waals surface area (Å²) < 4.78 is 43.0. The van der Waals surface area contributed by atoms with E-state index in [2.05, 4.69) is 4.72 Å². The topological polar surface area (TPSA) is 78.5 Å². The molecule has 0 aromatic heterocycles. The van der Waals surface area contributed by atoms with E-state index in [9.17, 15) is 17.9 Å². The zero-order chi connectivity index (χ0) is 17.5. The third kappa shape index (κ3) is 5.65. The van der Waals surface area contributed by atoms with Crippen molar-refractivity contribution in [3.05, 3.63) is 29.6 Å². The predicted octanol–water partition coefficient (Wildman–Crippen LogP) is 2.99. The number of ether oxygens (including phenoxy) is 1. The summed E-state index contributed by atoms with van der Waals surface area (Å²) in [7, 11) is 0. The summed E-state index contributed by atoms with van der Waals surface area (Å²) >= 11 is -2.22. The number of nitrogens with one attached hydrogen (secondary N) is 1. The molecule has 1 N–H and O–H groups in total. The molecule has 0 spiro atoms. The molecule has 0 bridgehead atoms. The van der Waals surface area contributed by atoms with Gasteiger partial charge in [0.25, 0.3) is 0 Å². The van der Waals surface area contributed by atoms with Crippen LogP contribution in [0.3, 0.4) is 0 Å². The highest BCUT2D eigenvalue weighted by Crippen LogP contribution is 2.33. The summed E-state index contributed by atoms with van der Waals surface area (Å²) in [6.07, 6.45) is 5.13. The highest BCUT2D eigenvalue weighted by atomic mass is 32.2. The van der Waals surface area contributed by atoms with E-state index < -0.39 is 17.1 Å². The van der Waals surface area contributed by atoms with Gasteiger partial charge in [0.15, 0.2) is 5.78 Å². The van der Waals surface area contributed by atoms with E-state index in [1.54, 1.807) is 6.07 Å². The molecule has 1 aliphatic rings. The number of hydrogen-bond donors (Lipinski definition) is 1. The molecule has 0 heterocycles. The van der Waals surface area contributed by atoms with E-state index in [1.165, 1.54) is 19.1 Å². The van der Waals surface area contributed by atoms with Crippen molar-refractivity contribution in [1.82, 2.24) is 4.72 Å². The van der Waals surface area contributed by atoms with Crippen LogP contribution in [0.4, 0.5) is 4.39 Å². The fourth-order valence-corrected chi connectivity index (χ4v) is 3.57. The first kappa shape index (κ1) is 19.0. The standard InChI is InChI=1S/C17H24FNO4S/c1-12(20)16-7-6-15(10-17(16)18)23-11-14-5-3-2-4-13(14)8-9-19-24(21)22/h6-7,10,13-14,19H,2-5,8-9,11H2,1H3,(H,21,22)/p-1. The zero-order valence-electron chi connectivity index (χ0n) is 13.8. The van der Waals surface area contributed by atoms with Crippen LogP contribution in [0.15, 0.2) is 18.2 Å². The van der Waals surface area contributed by atoms with Crippen molar-refractivity contribution in [3.8, 4) is 5.75 Å². The summed E-state index contributed by atoms with van der Waals surface area (Å²) in [4.78, 5) is 11.2. The van der Waals surface area contributed by atoms with E-state index in [1.807, 2.05) is 0 Å². The summed E-state index contributed by atoms with van der Waals surface area (Å²) in [6, 6.07) is 4.30. The van der Waals surface area contributed by atoms with E-state index in [4.69, 9.17) is 4.74 Å². The van der Waals surface area contributed by atoms with Crippen LogP contribution >= 0.6 is 0 Å². The molecule has 134 valence electrons. The Morgan fingerprint density at radius 1 is 1.38 bits per heavy atom. The van der Waals surface area contributed by atoms with Crippen molar-refractivity contribution in [1.29, 1.82) is 0 Å². The van der Waals surface area contributed by atoms with Gasteiger partial charge >= 0.3 is 0 Å². The van der Waals surface area contributed by atoms with Crippen molar-refractivity contribution in [2.75, 3.05) is 13.2 Å². The van der Waals surface area contributed by atoms with Crippen LogP contribution in [0, 0.1) is 17.7 Å². The van der Waals surface area contributed by atoms with Crippen molar-refractivity contribution in [3.63, 3.8) is 0 Å². The lowest BCUT2D eigenvalue weighted by atomic mass is 9.78. The third-order valence-corrected chi connectivity index (χ3v) is 5.03. The molecule has 5 nitrogen and oxygen atoms in total. The van der Waals surface area contributed by atoms with Gasteiger partial charge in [-0.1, -0.05) is 19.3 Å². The summed E-state index contributed by atoms with van der Waals surface area (Å²) in [5.74, 6) is 0.268. The van der Waals surface area contributed by atoms with E-state index in [-0.39, 0.29) is 11.3 Å². The van der Waals surface area contributed by atoms with Gasteiger partial charge in [-0.25, -0.2) is 9.11 Å². The normalized spacial score (nSPS) is 22.1. The van der Waals surface area contributed by atoms with Crippen molar-refractivity contribution in [2.45, 2.75) is 39.0 Å².